The van der Waals surface area contributed by atoms with Gasteiger partial charge < -0.3 is 14.6 Å². The first-order valence-electron chi connectivity index (χ1n) is 8.87. The van der Waals surface area contributed by atoms with Crippen LogP contribution in [0.2, 0.25) is 0 Å². The average Bonchev–Trinajstić information content (AvgIpc) is 3.02. The van der Waals surface area contributed by atoms with Gasteiger partial charge in [-0.15, -0.1) is 0 Å². The van der Waals surface area contributed by atoms with Crippen molar-refractivity contribution in [2.75, 3.05) is 5.32 Å². The maximum atomic E-state index is 12.9. The molecule has 0 aliphatic heterocycles. The van der Waals surface area contributed by atoms with Crippen molar-refractivity contribution < 1.29 is 27.2 Å². The van der Waals surface area contributed by atoms with Crippen molar-refractivity contribution in [1.82, 2.24) is 5.16 Å². The number of carbonyl (C=O) groups excluding carboxylic acids is 1. The number of amides is 1. The van der Waals surface area contributed by atoms with Crippen molar-refractivity contribution in [3.63, 3.8) is 0 Å². The van der Waals surface area contributed by atoms with Crippen LogP contribution in [0.15, 0.2) is 53.1 Å². The third-order valence-electron chi connectivity index (χ3n) is 4.04. The summed E-state index contributed by atoms with van der Waals surface area (Å²) in [5.74, 6) is 0.130. The molecule has 0 aliphatic carbocycles. The Morgan fingerprint density at radius 2 is 1.86 bits per heavy atom. The highest BCUT2D eigenvalue weighted by molar-refractivity contribution is 6.09. The maximum absolute atomic E-state index is 12.9. The Morgan fingerprint density at radius 1 is 1.14 bits per heavy atom. The Balaban J connectivity index is 1.96. The minimum atomic E-state index is -4.51. The number of benzene rings is 2. The lowest BCUT2D eigenvalue weighted by Gasteiger charge is -2.14. The van der Waals surface area contributed by atoms with E-state index in [9.17, 15) is 18.0 Å². The second-order valence-electron chi connectivity index (χ2n) is 6.66. The number of aromatic nitrogens is 1. The zero-order valence-corrected chi connectivity index (χ0v) is 16.0. The average molecular weight is 404 g/mol. The molecule has 1 amide bonds. The van der Waals surface area contributed by atoms with Gasteiger partial charge in [-0.2, -0.15) is 13.2 Å². The molecule has 0 unspecified atom stereocenters. The predicted molar refractivity (Wildman–Crippen MR) is 102 cm³/mol. The fourth-order valence-corrected chi connectivity index (χ4v) is 2.81. The van der Waals surface area contributed by atoms with Gasteiger partial charge in [-0.1, -0.05) is 23.4 Å². The van der Waals surface area contributed by atoms with Crippen molar-refractivity contribution in [1.29, 1.82) is 0 Å². The summed E-state index contributed by atoms with van der Waals surface area (Å²) in [6, 6.07) is 11.4. The molecule has 0 spiro atoms. The van der Waals surface area contributed by atoms with E-state index >= 15 is 0 Å². The lowest BCUT2D eigenvalue weighted by atomic mass is 10.0. The molecular formula is C21H19F3N2O3. The molecule has 8 heteroatoms. The summed E-state index contributed by atoms with van der Waals surface area (Å²) in [4.78, 5) is 12.9. The normalized spacial score (nSPS) is 11.6. The largest absolute Gasteiger partial charge is 0.490 e. The first-order chi connectivity index (χ1) is 13.7. The van der Waals surface area contributed by atoms with Crippen LogP contribution < -0.4 is 10.1 Å². The Morgan fingerprint density at radius 3 is 2.55 bits per heavy atom. The highest BCUT2D eigenvalue weighted by Crippen LogP contribution is 2.34. The van der Waals surface area contributed by atoms with Crippen LogP contribution in [0.25, 0.3) is 11.3 Å². The van der Waals surface area contributed by atoms with E-state index in [2.05, 4.69) is 10.5 Å². The summed E-state index contributed by atoms with van der Waals surface area (Å²) in [5.41, 5.74) is 0.0917. The summed E-state index contributed by atoms with van der Waals surface area (Å²) < 4.78 is 49.8. The smallest absolute Gasteiger partial charge is 0.416 e. The van der Waals surface area contributed by atoms with E-state index in [1.54, 1.807) is 31.2 Å². The van der Waals surface area contributed by atoms with Crippen molar-refractivity contribution in [3.8, 4) is 17.0 Å². The number of nitrogens with zero attached hydrogens (tertiary/aromatic N) is 1. The molecule has 0 saturated carbocycles. The zero-order valence-electron chi connectivity index (χ0n) is 16.0. The SMILES string of the molecule is Cc1onc(-c2ccccc2OC(C)C)c1C(=O)Nc1cccc(C(F)(F)F)c1. The van der Waals surface area contributed by atoms with Gasteiger partial charge in [0, 0.05) is 11.3 Å². The Labute approximate surface area is 165 Å². The number of alkyl halides is 3. The molecule has 0 radical (unpaired) electrons. The van der Waals surface area contributed by atoms with E-state index in [4.69, 9.17) is 9.26 Å². The maximum Gasteiger partial charge on any atom is 0.416 e. The van der Waals surface area contributed by atoms with Gasteiger partial charge in [-0.05, 0) is 51.1 Å². The van der Waals surface area contributed by atoms with Crippen molar-refractivity contribution in [3.05, 3.63) is 65.4 Å². The van der Waals surface area contributed by atoms with Crippen LogP contribution in [0, 0.1) is 6.92 Å². The number of carbonyl (C=O) groups is 1. The van der Waals surface area contributed by atoms with Gasteiger partial charge >= 0.3 is 6.18 Å². The summed E-state index contributed by atoms with van der Waals surface area (Å²) in [7, 11) is 0. The summed E-state index contributed by atoms with van der Waals surface area (Å²) in [6.07, 6.45) is -4.61. The Hall–Kier alpha value is -3.29. The highest BCUT2D eigenvalue weighted by Gasteiger charge is 2.31. The molecule has 0 saturated heterocycles. The first kappa shape index (κ1) is 20.4. The molecule has 29 heavy (non-hydrogen) atoms. The standard InChI is InChI=1S/C21H19F3N2O3/c1-12(2)28-17-10-5-4-9-16(17)19-18(13(3)29-26-19)20(27)25-15-8-6-7-14(11-15)21(22,23)24/h4-12H,1-3H3,(H,25,27). The van der Waals surface area contributed by atoms with Crippen molar-refractivity contribution in [2.24, 2.45) is 0 Å². The second-order valence-corrected chi connectivity index (χ2v) is 6.66. The molecule has 0 fully saturated rings. The molecule has 1 N–H and O–H groups in total. The van der Waals surface area contributed by atoms with Gasteiger partial charge in [0.15, 0.2) is 0 Å². The summed E-state index contributed by atoms with van der Waals surface area (Å²) >= 11 is 0. The monoisotopic (exact) mass is 404 g/mol. The number of rotatable bonds is 5. The number of para-hydroxylation sites is 1. The minimum absolute atomic E-state index is 0.0168. The van der Waals surface area contributed by atoms with E-state index in [1.807, 2.05) is 13.8 Å². The molecule has 2 aromatic carbocycles. The number of halogens is 3. The molecule has 3 aromatic rings. The van der Waals surface area contributed by atoms with Crippen LogP contribution in [-0.4, -0.2) is 17.2 Å². The lowest BCUT2D eigenvalue weighted by molar-refractivity contribution is -0.137. The third-order valence-corrected chi connectivity index (χ3v) is 4.04. The highest BCUT2D eigenvalue weighted by atomic mass is 19.4. The number of hydrogen-bond donors (Lipinski definition) is 1. The molecule has 1 heterocycles. The van der Waals surface area contributed by atoms with Crippen LogP contribution >= 0.6 is 0 Å². The Kier molecular flexibility index (Phi) is 5.63. The van der Waals surface area contributed by atoms with Crippen LogP contribution in [0.4, 0.5) is 18.9 Å². The zero-order chi connectivity index (χ0) is 21.2. The third kappa shape index (κ3) is 4.59. The minimum Gasteiger partial charge on any atom is -0.490 e. The Bertz CT molecular complexity index is 1030. The first-order valence-corrected chi connectivity index (χ1v) is 8.87. The fraction of sp³-hybridized carbons (Fsp3) is 0.238. The topological polar surface area (TPSA) is 64.4 Å². The van der Waals surface area contributed by atoms with Gasteiger partial charge in [-0.25, -0.2) is 0 Å². The molecule has 0 atom stereocenters. The quantitative estimate of drug-likeness (QED) is 0.592. The van der Waals surface area contributed by atoms with Crippen LogP contribution in [0.1, 0.15) is 35.5 Å². The molecule has 5 nitrogen and oxygen atoms in total. The number of hydrogen-bond acceptors (Lipinski definition) is 4. The van der Waals surface area contributed by atoms with Gasteiger partial charge in [0.05, 0.1) is 11.7 Å². The second kappa shape index (κ2) is 7.98. The predicted octanol–water partition coefficient (Wildman–Crippen LogP) is 5.71. The van der Waals surface area contributed by atoms with Crippen LogP contribution in [-0.2, 0) is 6.18 Å². The number of anilines is 1. The van der Waals surface area contributed by atoms with Gasteiger partial charge in [0.2, 0.25) is 0 Å². The van der Waals surface area contributed by atoms with E-state index in [0.29, 0.717) is 11.3 Å². The number of nitrogens with one attached hydrogen (secondary N) is 1. The van der Waals surface area contributed by atoms with Crippen molar-refractivity contribution in [2.45, 2.75) is 33.1 Å². The van der Waals surface area contributed by atoms with E-state index < -0.39 is 17.6 Å². The summed E-state index contributed by atoms with van der Waals surface area (Å²) in [5, 5.41) is 6.47. The van der Waals surface area contributed by atoms with Gasteiger partial charge in [0.1, 0.15) is 22.8 Å². The van der Waals surface area contributed by atoms with Crippen molar-refractivity contribution >= 4 is 11.6 Å². The lowest BCUT2D eigenvalue weighted by Crippen LogP contribution is -2.15. The summed E-state index contributed by atoms with van der Waals surface area (Å²) in [6.45, 7) is 5.29. The van der Waals surface area contributed by atoms with E-state index in [-0.39, 0.29) is 28.8 Å². The van der Waals surface area contributed by atoms with Crippen LogP contribution in [0.3, 0.4) is 0 Å². The molecule has 0 aliphatic rings. The number of ether oxygens (including phenoxy) is 1. The number of aryl methyl sites for hydroxylation is 1. The van der Waals surface area contributed by atoms with Gasteiger partial charge in [0.25, 0.3) is 5.91 Å². The molecular weight excluding hydrogens is 385 g/mol. The van der Waals surface area contributed by atoms with Crippen LogP contribution in [0.5, 0.6) is 5.75 Å². The molecule has 3 rings (SSSR count). The van der Waals surface area contributed by atoms with E-state index in [0.717, 1.165) is 12.1 Å². The fourth-order valence-electron chi connectivity index (χ4n) is 2.81. The van der Waals surface area contributed by atoms with Gasteiger partial charge in [-0.3, -0.25) is 4.79 Å². The molecule has 0 bridgehead atoms. The molecule has 1 aromatic heterocycles. The van der Waals surface area contributed by atoms with E-state index in [1.165, 1.54) is 12.1 Å². The molecule has 152 valence electrons.